The Hall–Kier alpha value is -1.62. The number of hydrogen-bond acceptors (Lipinski definition) is 7. The average Bonchev–Trinajstić information content (AvgIpc) is 2.73. The van der Waals surface area contributed by atoms with E-state index in [4.69, 9.17) is 9.47 Å². The van der Waals surface area contributed by atoms with Crippen LogP contribution < -0.4 is 0 Å². The van der Waals surface area contributed by atoms with Crippen molar-refractivity contribution in [2.24, 2.45) is 0 Å². The van der Waals surface area contributed by atoms with Gasteiger partial charge in [0.1, 0.15) is 5.25 Å². The first kappa shape index (κ1) is 20.1. The van der Waals surface area contributed by atoms with Crippen molar-refractivity contribution in [1.82, 2.24) is 9.21 Å². The zero-order chi connectivity index (χ0) is 19.4. The topological polar surface area (TPSA) is 93.2 Å². The molecule has 0 N–H and O–H groups in total. The lowest BCUT2D eigenvalue weighted by atomic mass is 10.2. The molecule has 0 aromatic heterocycles. The maximum atomic E-state index is 12.8. The van der Waals surface area contributed by atoms with E-state index in [1.165, 1.54) is 35.3 Å². The molecule has 2 saturated heterocycles. The van der Waals surface area contributed by atoms with E-state index in [0.29, 0.717) is 44.2 Å². The molecule has 148 valence electrons. The first-order valence-corrected chi connectivity index (χ1v) is 11.1. The Morgan fingerprint density at radius 3 is 2.67 bits per heavy atom. The lowest BCUT2D eigenvalue weighted by Gasteiger charge is -2.31. The molecule has 8 nitrogen and oxygen atoms in total. The Morgan fingerprint density at radius 2 is 1.96 bits per heavy atom. The van der Waals surface area contributed by atoms with Crippen molar-refractivity contribution in [3.63, 3.8) is 0 Å². The summed E-state index contributed by atoms with van der Waals surface area (Å²) in [5.74, 6) is -0.0264. The van der Waals surface area contributed by atoms with Crippen LogP contribution in [-0.4, -0.2) is 87.0 Å². The number of morpholine rings is 1. The van der Waals surface area contributed by atoms with Crippen LogP contribution in [0.4, 0.5) is 0 Å². The van der Waals surface area contributed by atoms with Crippen LogP contribution in [0.5, 0.6) is 0 Å². The zero-order valence-corrected chi connectivity index (χ0v) is 16.6. The molecule has 1 atom stereocenters. The van der Waals surface area contributed by atoms with Crippen LogP contribution in [0.1, 0.15) is 10.4 Å². The standard InChI is InChI=1S/C17H22N2O6S2/c1-24-17(21)15-12-18(7-10-26-15)16(20)13-3-2-4-14(11-13)27(22,23)19-5-8-25-9-6-19/h2-4,11,15H,5-10,12H2,1H3/t15-/m1/s1. The minimum absolute atomic E-state index is 0.0890. The summed E-state index contributed by atoms with van der Waals surface area (Å²) in [5, 5.41) is -0.423. The van der Waals surface area contributed by atoms with Gasteiger partial charge in [0, 0.05) is 37.5 Å². The maximum Gasteiger partial charge on any atom is 0.320 e. The number of carbonyl (C=O) groups is 2. The summed E-state index contributed by atoms with van der Waals surface area (Å²) < 4.78 is 36.9. The van der Waals surface area contributed by atoms with Gasteiger partial charge in [-0.3, -0.25) is 9.59 Å². The van der Waals surface area contributed by atoms with Crippen LogP contribution in [0.3, 0.4) is 0 Å². The van der Waals surface area contributed by atoms with Crippen molar-refractivity contribution < 1.29 is 27.5 Å². The smallest absolute Gasteiger partial charge is 0.320 e. The van der Waals surface area contributed by atoms with Crippen LogP contribution in [0.15, 0.2) is 29.2 Å². The number of carbonyl (C=O) groups excluding carboxylic acids is 2. The Kier molecular flexibility index (Phi) is 6.40. The third kappa shape index (κ3) is 4.45. The van der Waals surface area contributed by atoms with Crippen LogP contribution in [0.25, 0.3) is 0 Å². The van der Waals surface area contributed by atoms with Gasteiger partial charge in [-0.2, -0.15) is 4.31 Å². The monoisotopic (exact) mass is 414 g/mol. The summed E-state index contributed by atoms with van der Waals surface area (Å²) >= 11 is 1.46. The normalized spacial score (nSPS) is 21.7. The Labute approximate surface area is 162 Å². The fourth-order valence-corrected chi connectivity index (χ4v) is 5.60. The van der Waals surface area contributed by atoms with Gasteiger partial charge in [0.25, 0.3) is 5.91 Å². The number of hydrogen-bond donors (Lipinski definition) is 0. The van der Waals surface area contributed by atoms with E-state index >= 15 is 0 Å². The fraction of sp³-hybridized carbons (Fsp3) is 0.529. The first-order chi connectivity index (χ1) is 12.9. The molecule has 10 heteroatoms. The highest BCUT2D eigenvalue weighted by Crippen LogP contribution is 2.23. The number of amides is 1. The third-order valence-corrected chi connectivity index (χ3v) is 7.56. The number of thioether (sulfide) groups is 1. The van der Waals surface area contributed by atoms with Gasteiger partial charge in [0.2, 0.25) is 10.0 Å². The summed E-state index contributed by atoms with van der Waals surface area (Å²) in [4.78, 5) is 26.3. The number of esters is 1. The van der Waals surface area contributed by atoms with Crippen LogP contribution >= 0.6 is 11.8 Å². The fourth-order valence-electron chi connectivity index (χ4n) is 3.02. The lowest BCUT2D eigenvalue weighted by Crippen LogP contribution is -2.45. The van der Waals surface area contributed by atoms with E-state index in [9.17, 15) is 18.0 Å². The summed E-state index contributed by atoms with van der Waals surface area (Å²) in [6, 6.07) is 6.06. The molecule has 0 bridgehead atoms. The Morgan fingerprint density at radius 1 is 1.22 bits per heavy atom. The molecule has 2 aliphatic rings. The van der Waals surface area contributed by atoms with Crippen LogP contribution in [0.2, 0.25) is 0 Å². The van der Waals surface area contributed by atoms with Gasteiger partial charge in [0.15, 0.2) is 0 Å². The lowest BCUT2D eigenvalue weighted by molar-refractivity contribution is -0.140. The molecule has 1 aromatic carbocycles. The molecule has 0 aliphatic carbocycles. The number of benzene rings is 1. The molecule has 2 fully saturated rings. The summed E-state index contributed by atoms with van der Waals surface area (Å²) in [6.07, 6.45) is 0. The van der Waals surface area contributed by atoms with Crippen molar-refractivity contribution in [2.75, 3.05) is 52.3 Å². The predicted octanol–water partition coefficient (Wildman–Crippen LogP) is 0.438. The number of ether oxygens (including phenoxy) is 2. The molecule has 2 heterocycles. The van der Waals surface area contributed by atoms with Gasteiger partial charge in [-0.15, -0.1) is 11.8 Å². The largest absolute Gasteiger partial charge is 0.468 e. The van der Waals surface area contributed by atoms with Gasteiger partial charge < -0.3 is 14.4 Å². The molecule has 27 heavy (non-hydrogen) atoms. The highest BCUT2D eigenvalue weighted by molar-refractivity contribution is 8.00. The van der Waals surface area contributed by atoms with Gasteiger partial charge in [-0.1, -0.05) is 6.07 Å². The SMILES string of the molecule is COC(=O)[C@H]1CN(C(=O)c2cccc(S(=O)(=O)N3CCOCC3)c2)CCS1. The minimum Gasteiger partial charge on any atom is -0.468 e. The third-order valence-electron chi connectivity index (χ3n) is 4.51. The molecule has 0 spiro atoms. The van der Waals surface area contributed by atoms with Crippen molar-refractivity contribution in [3.05, 3.63) is 29.8 Å². The minimum atomic E-state index is -3.67. The molecule has 1 aromatic rings. The molecular formula is C17H22N2O6S2. The second kappa shape index (κ2) is 8.59. The van der Waals surface area contributed by atoms with Gasteiger partial charge in [0.05, 0.1) is 25.2 Å². The number of sulfonamides is 1. The van der Waals surface area contributed by atoms with E-state index in [1.54, 1.807) is 17.0 Å². The summed E-state index contributed by atoms with van der Waals surface area (Å²) in [6.45, 7) is 2.06. The first-order valence-electron chi connectivity index (χ1n) is 8.60. The molecule has 1 amide bonds. The van der Waals surface area contributed by atoms with Crippen LogP contribution in [-0.2, 0) is 24.3 Å². The summed E-state index contributed by atoms with van der Waals surface area (Å²) in [7, 11) is -2.35. The summed E-state index contributed by atoms with van der Waals surface area (Å²) in [5.41, 5.74) is 0.292. The van der Waals surface area contributed by atoms with Crippen LogP contribution in [0, 0.1) is 0 Å². The Balaban J connectivity index is 1.78. The van der Waals surface area contributed by atoms with Gasteiger partial charge >= 0.3 is 5.97 Å². The zero-order valence-electron chi connectivity index (χ0n) is 15.0. The highest BCUT2D eigenvalue weighted by atomic mass is 32.2. The number of rotatable bonds is 4. The molecule has 0 unspecified atom stereocenters. The molecular weight excluding hydrogens is 392 g/mol. The van der Waals surface area contributed by atoms with Crippen molar-refractivity contribution in [2.45, 2.75) is 10.1 Å². The highest BCUT2D eigenvalue weighted by Gasteiger charge is 2.31. The van der Waals surface area contributed by atoms with E-state index < -0.39 is 15.3 Å². The van der Waals surface area contributed by atoms with E-state index in [0.717, 1.165) is 0 Å². The predicted molar refractivity (Wildman–Crippen MR) is 100 cm³/mol. The second-order valence-electron chi connectivity index (χ2n) is 6.18. The molecule has 0 radical (unpaired) electrons. The molecule has 3 rings (SSSR count). The van der Waals surface area contributed by atoms with E-state index in [-0.39, 0.29) is 23.3 Å². The van der Waals surface area contributed by atoms with Gasteiger partial charge in [-0.05, 0) is 18.2 Å². The van der Waals surface area contributed by atoms with Gasteiger partial charge in [-0.25, -0.2) is 8.42 Å². The van der Waals surface area contributed by atoms with E-state index in [1.807, 2.05) is 0 Å². The average molecular weight is 415 g/mol. The Bertz CT molecular complexity index is 807. The van der Waals surface area contributed by atoms with Crippen molar-refractivity contribution in [1.29, 1.82) is 0 Å². The quantitative estimate of drug-likeness (QED) is 0.660. The van der Waals surface area contributed by atoms with E-state index in [2.05, 4.69) is 0 Å². The molecule has 2 aliphatic heterocycles. The molecule has 0 saturated carbocycles. The van der Waals surface area contributed by atoms with Crippen molar-refractivity contribution in [3.8, 4) is 0 Å². The number of methoxy groups -OCH3 is 1. The number of nitrogens with zero attached hydrogens (tertiary/aromatic N) is 2. The maximum absolute atomic E-state index is 12.8. The van der Waals surface area contributed by atoms with Crippen molar-refractivity contribution >= 4 is 33.7 Å². The second-order valence-corrected chi connectivity index (χ2v) is 9.43.